The second-order valence-corrected chi connectivity index (χ2v) is 4.40. The number of nitrogens with zero attached hydrogens (tertiary/aromatic N) is 2. The van der Waals surface area contributed by atoms with E-state index in [0.717, 1.165) is 0 Å². The fourth-order valence-electron chi connectivity index (χ4n) is 1.81. The first-order valence-electron chi connectivity index (χ1n) is 6.68. The lowest BCUT2D eigenvalue weighted by atomic mass is 10.2. The van der Waals surface area contributed by atoms with Crippen molar-refractivity contribution in [3.8, 4) is 17.6 Å². The predicted octanol–water partition coefficient (Wildman–Crippen LogP) is 3.08. The average Bonchev–Trinajstić information content (AvgIpc) is 2.56. The van der Waals surface area contributed by atoms with Crippen LogP contribution in [0.2, 0.25) is 0 Å². The number of benzene rings is 2. The Balaban J connectivity index is 2.22. The highest BCUT2D eigenvalue weighted by Crippen LogP contribution is 2.29. The maximum atomic E-state index is 12.1. The Hall–Kier alpha value is -3.40. The number of rotatable bonds is 5. The summed E-state index contributed by atoms with van der Waals surface area (Å²) in [6.07, 6.45) is 0. The molecular formula is C16H12N2O5. The largest absolute Gasteiger partial charge is 0.490 e. The van der Waals surface area contributed by atoms with Crippen molar-refractivity contribution in [1.29, 1.82) is 5.26 Å². The summed E-state index contributed by atoms with van der Waals surface area (Å²) in [6.45, 7) is 2.11. The van der Waals surface area contributed by atoms with E-state index in [1.165, 1.54) is 42.5 Å². The molecule has 0 fully saturated rings. The monoisotopic (exact) mass is 312 g/mol. The van der Waals surface area contributed by atoms with Crippen molar-refractivity contribution >= 4 is 11.7 Å². The zero-order chi connectivity index (χ0) is 16.8. The van der Waals surface area contributed by atoms with E-state index in [4.69, 9.17) is 14.7 Å². The van der Waals surface area contributed by atoms with Crippen molar-refractivity contribution in [1.82, 2.24) is 0 Å². The Labute approximate surface area is 131 Å². The molecular weight excluding hydrogens is 300 g/mol. The molecule has 0 bridgehead atoms. The lowest BCUT2D eigenvalue weighted by molar-refractivity contribution is -0.384. The number of hydrogen-bond donors (Lipinski definition) is 0. The van der Waals surface area contributed by atoms with Crippen LogP contribution in [-0.4, -0.2) is 17.5 Å². The first kappa shape index (κ1) is 16.0. The number of nitro groups is 1. The molecule has 2 aromatic rings. The minimum Gasteiger partial charge on any atom is -0.490 e. The lowest BCUT2D eigenvalue weighted by Crippen LogP contribution is -2.09. The summed E-state index contributed by atoms with van der Waals surface area (Å²) in [6, 6.07) is 11.5. The van der Waals surface area contributed by atoms with Gasteiger partial charge in [-0.2, -0.15) is 5.26 Å². The van der Waals surface area contributed by atoms with Gasteiger partial charge in [0.1, 0.15) is 0 Å². The van der Waals surface area contributed by atoms with Crippen LogP contribution in [0.5, 0.6) is 11.5 Å². The molecule has 0 aromatic heterocycles. The number of nitriles is 1. The highest BCUT2D eigenvalue weighted by atomic mass is 16.6. The molecule has 0 aliphatic heterocycles. The van der Waals surface area contributed by atoms with Crippen LogP contribution in [0.15, 0.2) is 42.5 Å². The fourth-order valence-corrected chi connectivity index (χ4v) is 1.81. The topological polar surface area (TPSA) is 102 Å². The van der Waals surface area contributed by atoms with Gasteiger partial charge < -0.3 is 9.47 Å². The second-order valence-electron chi connectivity index (χ2n) is 4.40. The van der Waals surface area contributed by atoms with E-state index >= 15 is 0 Å². The summed E-state index contributed by atoms with van der Waals surface area (Å²) in [5.41, 5.74) is 0.431. The zero-order valence-electron chi connectivity index (χ0n) is 12.2. The van der Waals surface area contributed by atoms with Crippen LogP contribution in [-0.2, 0) is 0 Å². The molecule has 0 heterocycles. The molecule has 0 amide bonds. The van der Waals surface area contributed by atoms with E-state index in [1.54, 1.807) is 6.92 Å². The normalized spacial score (nSPS) is 9.74. The Morgan fingerprint density at radius 1 is 1.22 bits per heavy atom. The van der Waals surface area contributed by atoms with Crippen LogP contribution in [0.4, 0.5) is 5.69 Å². The van der Waals surface area contributed by atoms with Crippen LogP contribution in [0.1, 0.15) is 22.8 Å². The Morgan fingerprint density at radius 3 is 2.48 bits per heavy atom. The number of non-ortho nitro benzene ring substituents is 1. The third kappa shape index (κ3) is 3.83. The minimum atomic E-state index is -0.675. The zero-order valence-corrected chi connectivity index (χ0v) is 12.2. The van der Waals surface area contributed by atoms with Gasteiger partial charge in [-0.1, -0.05) is 0 Å². The summed E-state index contributed by atoms with van der Waals surface area (Å²) in [5, 5.41) is 19.5. The summed E-state index contributed by atoms with van der Waals surface area (Å²) in [7, 11) is 0. The molecule has 0 N–H and O–H groups in total. The first-order chi connectivity index (χ1) is 11.0. The summed E-state index contributed by atoms with van der Waals surface area (Å²) >= 11 is 0. The van der Waals surface area contributed by atoms with E-state index in [0.29, 0.717) is 12.2 Å². The van der Waals surface area contributed by atoms with Crippen LogP contribution < -0.4 is 9.47 Å². The number of carbonyl (C=O) groups excluding carboxylic acids is 1. The van der Waals surface area contributed by atoms with Gasteiger partial charge in [0.2, 0.25) is 0 Å². The highest BCUT2D eigenvalue weighted by Gasteiger charge is 2.14. The second kappa shape index (κ2) is 7.04. The summed E-state index contributed by atoms with van der Waals surface area (Å²) in [5.74, 6) is -0.221. The van der Waals surface area contributed by atoms with Crippen molar-refractivity contribution in [3.05, 3.63) is 63.7 Å². The Bertz CT molecular complexity index is 778. The number of carbonyl (C=O) groups is 1. The molecule has 116 valence electrons. The van der Waals surface area contributed by atoms with Crippen molar-refractivity contribution in [3.63, 3.8) is 0 Å². The molecule has 0 aliphatic carbocycles. The van der Waals surface area contributed by atoms with E-state index in [1.807, 2.05) is 6.07 Å². The van der Waals surface area contributed by atoms with Crippen molar-refractivity contribution < 1.29 is 19.2 Å². The van der Waals surface area contributed by atoms with E-state index < -0.39 is 10.9 Å². The van der Waals surface area contributed by atoms with E-state index in [-0.39, 0.29) is 22.7 Å². The van der Waals surface area contributed by atoms with Gasteiger partial charge in [-0.05, 0) is 31.2 Å². The van der Waals surface area contributed by atoms with Gasteiger partial charge in [0.05, 0.1) is 28.7 Å². The highest BCUT2D eigenvalue weighted by molar-refractivity contribution is 5.91. The van der Waals surface area contributed by atoms with Crippen LogP contribution in [0, 0.1) is 21.4 Å². The van der Waals surface area contributed by atoms with Crippen molar-refractivity contribution in [2.24, 2.45) is 0 Å². The molecule has 7 heteroatoms. The fraction of sp³-hybridized carbons (Fsp3) is 0.125. The van der Waals surface area contributed by atoms with Gasteiger partial charge >= 0.3 is 5.97 Å². The third-order valence-electron chi connectivity index (χ3n) is 2.89. The molecule has 7 nitrogen and oxygen atoms in total. The molecule has 0 aliphatic rings. The standard InChI is InChI=1S/C16H12N2O5/c1-2-22-15-9-11(10-17)3-8-14(15)23-16(19)12-4-6-13(7-5-12)18(20)21/h3-9H,2H2,1H3. The number of ether oxygens (including phenoxy) is 2. The molecule has 0 unspecified atom stereocenters. The third-order valence-corrected chi connectivity index (χ3v) is 2.89. The number of nitro benzene ring substituents is 1. The molecule has 0 atom stereocenters. The summed E-state index contributed by atoms with van der Waals surface area (Å²) < 4.78 is 10.6. The number of hydrogen-bond acceptors (Lipinski definition) is 6. The minimum absolute atomic E-state index is 0.116. The quantitative estimate of drug-likeness (QED) is 0.364. The van der Waals surface area contributed by atoms with Gasteiger partial charge in [-0.15, -0.1) is 0 Å². The van der Waals surface area contributed by atoms with Gasteiger partial charge in [0.15, 0.2) is 11.5 Å². The molecule has 2 aromatic carbocycles. The SMILES string of the molecule is CCOc1cc(C#N)ccc1OC(=O)c1ccc([N+](=O)[O-])cc1. The molecule has 23 heavy (non-hydrogen) atoms. The molecule has 0 saturated heterocycles. The van der Waals surface area contributed by atoms with Gasteiger partial charge in [0, 0.05) is 18.2 Å². The molecule has 0 saturated carbocycles. The van der Waals surface area contributed by atoms with Crippen LogP contribution in [0.3, 0.4) is 0 Å². The van der Waals surface area contributed by atoms with E-state index in [9.17, 15) is 14.9 Å². The first-order valence-corrected chi connectivity index (χ1v) is 6.68. The van der Waals surface area contributed by atoms with Crippen LogP contribution in [0.25, 0.3) is 0 Å². The van der Waals surface area contributed by atoms with Gasteiger partial charge in [-0.3, -0.25) is 10.1 Å². The smallest absolute Gasteiger partial charge is 0.343 e. The molecule has 2 rings (SSSR count). The van der Waals surface area contributed by atoms with Crippen LogP contribution >= 0.6 is 0 Å². The molecule has 0 spiro atoms. The van der Waals surface area contributed by atoms with Crippen molar-refractivity contribution in [2.75, 3.05) is 6.61 Å². The lowest BCUT2D eigenvalue weighted by Gasteiger charge is -2.10. The molecule has 0 radical (unpaired) electrons. The Kier molecular flexibility index (Phi) is 4.89. The van der Waals surface area contributed by atoms with E-state index in [2.05, 4.69) is 0 Å². The Morgan fingerprint density at radius 2 is 1.91 bits per heavy atom. The maximum Gasteiger partial charge on any atom is 0.343 e. The maximum absolute atomic E-state index is 12.1. The average molecular weight is 312 g/mol. The van der Waals surface area contributed by atoms with Gasteiger partial charge in [-0.25, -0.2) is 4.79 Å². The van der Waals surface area contributed by atoms with Gasteiger partial charge in [0.25, 0.3) is 5.69 Å². The summed E-state index contributed by atoms with van der Waals surface area (Å²) in [4.78, 5) is 22.1. The number of esters is 1. The van der Waals surface area contributed by atoms with Crippen molar-refractivity contribution in [2.45, 2.75) is 6.92 Å². The predicted molar refractivity (Wildman–Crippen MR) is 80.4 cm³/mol.